The molecule has 17 heavy (non-hydrogen) atoms. The van der Waals surface area contributed by atoms with Gasteiger partial charge in [-0.3, -0.25) is 0 Å². The van der Waals surface area contributed by atoms with E-state index in [2.05, 4.69) is 11.8 Å². The molecule has 0 aliphatic carbocycles. The third-order valence-electron chi connectivity index (χ3n) is 2.19. The molecule has 0 saturated heterocycles. The molecule has 0 rings (SSSR count). The van der Waals surface area contributed by atoms with E-state index < -0.39 is 0 Å². The molecule has 0 aliphatic heterocycles. The van der Waals surface area contributed by atoms with Gasteiger partial charge in [0.15, 0.2) is 0 Å². The summed E-state index contributed by atoms with van der Waals surface area (Å²) in [6.07, 6.45) is 5.05. The van der Waals surface area contributed by atoms with Crippen molar-refractivity contribution < 1.29 is 14.6 Å². The molecule has 0 spiro atoms. The number of hydrogen-bond acceptors (Lipinski definition) is 3. The van der Waals surface area contributed by atoms with Crippen LogP contribution in [0, 0.1) is 11.8 Å². The summed E-state index contributed by atoms with van der Waals surface area (Å²) >= 11 is 0. The topological polar surface area (TPSA) is 38.7 Å². The number of rotatable bonds is 8. The second-order valence-electron chi connectivity index (χ2n) is 3.90. The van der Waals surface area contributed by atoms with Crippen LogP contribution in [0.15, 0.2) is 11.6 Å². The van der Waals surface area contributed by atoms with E-state index in [-0.39, 0.29) is 6.10 Å². The lowest BCUT2D eigenvalue weighted by Gasteiger charge is -2.00. The van der Waals surface area contributed by atoms with E-state index in [9.17, 15) is 5.11 Å². The summed E-state index contributed by atoms with van der Waals surface area (Å²) in [6, 6.07) is 0. The van der Waals surface area contributed by atoms with E-state index in [1.54, 1.807) is 13.2 Å². The minimum atomic E-state index is -0.369. The molecule has 0 aromatic heterocycles. The molecular weight excluding hydrogens is 216 g/mol. The predicted octanol–water partition coefficient (Wildman–Crippen LogP) is 2.50. The maximum atomic E-state index is 9.38. The fraction of sp³-hybridized carbons (Fsp3) is 0.714. The van der Waals surface area contributed by atoms with Crippen LogP contribution in [0.25, 0.3) is 0 Å². The van der Waals surface area contributed by atoms with Crippen LogP contribution in [0.1, 0.15) is 39.5 Å². The molecule has 0 bridgehead atoms. The van der Waals surface area contributed by atoms with Gasteiger partial charge in [-0.15, -0.1) is 0 Å². The fourth-order valence-electron chi connectivity index (χ4n) is 1.21. The molecule has 0 heterocycles. The zero-order valence-corrected chi connectivity index (χ0v) is 11.2. The minimum Gasteiger partial charge on any atom is -0.389 e. The van der Waals surface area contributed by atoms with Gasteiger partial charge in [0.2, 0.25) is 0 Å². The second-order valence-corrected chi connectivity index (χ2v) is 3.90. The van der Waals surface area contributed by atoms with E-state index in [0.717, 1.165) is 37.9 Å². The number of unbranched alkanes of at least 4 members (excludes halogenated alkanes) is 2. The lowest BCUT2D eigenvalue weighted by atomic mass is 10.1. The SMILES string of the molecule is CCC(O)/C=C(/C)C#CCCCCOCOC. The van der Waals surface area contributed by atoms with Crippen molar-refractivity contribution in [2.45, 2.75) is 45.6 Å². The van der Waals surface area contributed by atoms with Crippen LogP contribution >= 0.6 is 0 Å². The van der Waals surface area contributed by atoms with Gasteiger partial charge in [-0.25, -0.2) is 0 Å². The van der Waals surface area contributed by atoms with Gasteiger partial charge in [0.25, 0.3) is 0 Å². The molecule has 0 fully saturated rings. The lowest BCUT2D eigenvalue weighted by molar-refractivity contribution is -0.0313. The number of hydrogen-bond donors (Lipinski definition) is 1. The Kier molecular flexibility index (Phi) is 11.1. The highest BCUT2D eigenvalue weighted by molar-refractivity contribution is 5.27. The Morgan fingerprint density at radius 2 is 2.18 bits per heavy atom. The van der Waals surface area contributed by atoms with Crippen molar-refractivity contribution in [2.24, 2.45) is 0 Å². The molecule has 0 aromatic rings. The maximum absolute atomic E-state index is 9.38. The van der Waals surface area contributed by atoms with E-state index in [1.165, 1.54) is 0 Å². The van der Waals surface area contributed by atoms with Crippen molar-refractivity contribution in [1.29, 1.82) is 0 Å². The van der Waals surface area contributed by atoms with Gasteiger partial charge in [0.1, 0.15) is 6.79 Å². The summed E-state index contributed by atoms with van der Waals surface area (Å²) in [6.45, 7) is 4.96. The highest BCUT2D eigenvalue weighted by Gasteiger charge is 1.94. The molecule has 0 radical (unpaired) electrons. The maximum Gasteiger partial charge on any atom is 0.146 e. The smallest absolute Gasteiger partial charge is 0.146 e. The second kappa shape index (κ2) is 11.7. The highest BCUT2D eigenvalue weighted by Crippen LogP contribution is 1.99. The lowest BCUT2D eigenvalue weighted by Crippen LogP contribution is -1.99. The van der Waals surface area contributed by atoms with Crippen LogP contribution in [0.2, 0.25) is 0 Å². The summed E-state index contributed by atoms with van der Waals surface area (Å²) in [4.78, 5) is 0. The largest absolute Gasteiger partial charge is 0.389 e. The van der Waals surface area contributed by atoms with Crippen LogP contribution in [0.3, 0.4) is 0 Å². The first-order chi connectivity index (χ1) is 8.20. The number of methoxy groups -OCH3 is 1. The zero-order chi connectivity index (χ0) is 12.9. The van der Waals surface area contributed by atoms with Crippen molar-refractivity contribution in [3.63, 3.8) is 0 Å². The van der Waals surface area contributed by atoms with Crippen molar-refractivity contribution in [3.8, 4) is 11.8 Å². The van der Waals surface area contributed by atoms with Gasteiger partial charge in [-0.05, 0) is 37.8 Å². The Bertz CT molecular complexity index is 260. The summed E-state index contributed by atoms with van der Waals surface area (Å²) < 4.78 is 9.93. The number of aliphatic hydroxyl groups excluding tert-OH is 1. The Morgan fingerprint density at radius 3 is 2.82 bits per heavy atom. The van der Waals surface area contributed by atoms with Gasteiger partial charge < -0.3 is 14.6 Å². The van der Waals surface area contributed by atoms with Crippen LogP contribution < -0.4 is 0 Å². The molecule has 1 N–H and O–H groups in total. The Labute approximate surface area is 105 Å². The molecule has 3 nitrogen and oxygen atoms in total. The molecule has 1 atom stereocenters. The normalized spacial score (nSPS) is 13.1. The van der Waals surface area contributed by atoms with Gasteiger partial charge in [-0.1, -0.05) is 18.8 Å². The first-order valence-corrected chi connectivity index (χ1v) is 6.12. The highest BCUT2D eigenvalue weighted by atomic mass is 16.7. The van der Waals surface area contributed by atoms with Gasteiger partial charge >= 0.3 is 0 Å². The Balaban J connectivity index is 3.57. The van der Waals surface area contributed by atoms with Gasteiger partial charge in [-0.2, -0.15) is 0 Å². The van der Waals surface area contributed by atoms with Crippen LogP contribution in [-0.2, 0) is 9.47 Å². The average molecular weight is 240 g/mol. The quantitative estimate of drug-likeness (QED) is 0.402. The first kappa shape index (κ1) is 16.2. The van der Waals surface area contributed by atoms with Crippen molar-refractivity contribution >= 4 is 0 Å². The zero-order valence-electron chi connectivity index (χ0n) is 11.2. The van der Waals surface area contributed by atoms with Crippen molar-refractivity contribution in [2.75, 3.05) is 20.5 Å². The molecule has 0 saturated carbocycles. The third-order valence-corrected chi connectivity index (χ3v) is 2.19. The summed E-state index contributed by atoms with van der Waals surface area (Å²) in [5.74, 6) is 6.12. The van der Waals surface area contributed by atoms with Crippen molar-refractivity contribution in [1.82, 2.24) is 0 Å². The molecule has 3 heteroatoms. The first-order valence-electron chi connectivity index (χ1n) is 6.12. The van der Waals surface area contributed by atoms with E-state index in [1.807, 2.05) is 13.8 Å². The van der Waals surface area contributed by atoms with Gasteiger partial charge in [0, 0.05) is 20.1 Å². The van der Waals surface area contributed by atoms with E-state index >= 15 is 0 Å². The van der Waals surface area contributed by atoms with Crippen molar-refractivity contribution in [3.05, 3.63) is 11.6 Å². The third kappa shape index (κ3) is 11.4. The molecule has 0 aliphatic rings. The standard InChI is InChI=1S/C14H24O3/c1-4-14(15)11-13(2)9-7-5-6-8-10-17-12-16-3/h11,14-15H,4-6,8,10,12H2,1-3H3/b13-11-. The van der Waals surface area contributed by atoms with Crippen LogP contribution in [0.5, 0.6) is 0 Å². The Morgan fingerprint density at radius 1 is 1.41 bits per heavy atom. The molecule has 98 valence electrons. The average Bonchev–Trinajstić information content (AvgIpc) is 2.32. The Hall–Kier alpha value is -0.820. The number of aliphatic hydroxyl groups is 1. The molecule has 0 aromatic carbocycles. The van der Waals surface area contributed by atoms with Crippen LogP contribution in [0.4, 0.5) is 0 Å². The summed E-state index contributed by atoms with van der Waals surface area (Å²) in [5.41, 5.74) is 0.940. The molecule has 1 unspecified atom stereocenters. The van der Waals surface area contributed by atoms with E-state index in [4.69, 9.17) is 9.47 Å². The monoisotopic (exact) mass is 240 g/mol. The number of ether oxygens (including phenoxy) is 2. The summed E-state index contributed by atoms with van der Waals surface area (Å²) in [5, 5.41) is 9.38. The molecule has 0 amide bonds. The van der Waals surface area contributed by atoms with E-state index in [0.29, 0.717) is 6.79 Å². The fourth-order valence-corrected chi connectivity index (χ4v) is 1.21. The van der Waals surface area contributed by atoms with Gasteiger partial charge in [0.05, 0.1) is 6.10 Å². The molecular formula is C14H24O3. The van der Waals surface area contributed by atoms with Crippen LogP contribution in [-0.4, -0.2) is 31.7 Å². The number of allylic oxidation sites excluding steroid dienone is 1. The minimum absolute atomic E-state index is 0.364. The predicted molar refractivity (Wildman–Crippen MR) is 69.5 cm³/mol. The summed E-state index contributed by atoms with van der Waals surface area (Å²) in [7, 11) is 1.62.